The Morgan fingerprint density at radius 3 is 2.43 bits per heavy atom. The van der Waals surface area contributed by atoms with Gasteiger partial charge >= 0.3 is 0 Å². The maximum atomic E-state index is 5.86. The Labute approximate surface area is 135 Å². The minimum atomic E-state index is 0.938. The van der Waals surface area contributed by atoms with Crippen molar-refractivity contribution in [3.05, 3.63) is 71.2 Å². The van der Waals surface area contributed by atoms with Crippen molar-refractivity contribution >= 4 is 49.6 Å². The van der Waals surface area contributed by atoms with Crippen LogP contribution in [0, 0.1) is 0 Å². The molecule has 1 heterocycles. The standard InChI is InChI=1S/C18H11BrOS/c19-15-6-2-4-8-18(15)21-12-9-10-17-14(11-12)13-5-1-3-7-16(13)20-17/h1-11H. The molecule has 1 nitrogen and oxygen atoms in total. The van der Waals surface area contributed by atoms with Gasteiger partial charge < -0.3 is 4.42 Å². The fourth-order valence-corrected chi connectivity index (χ4v) is 3.83. The van der Waals surface area contributed by atoms with Gasteiger partial charge in [0.2, 0.25) is 0 Å². The molecule has 0 bridgehead atoms. The predicted molar refractivity (Wildman–Crippen MR) is 92.0 cm³/mol. The second-order valence-electron chi connectivity index (χ2n) is 4.79. The third kappa shape index (κ3) is 2.37. The Bertz CT molecular complexity index is 942. The minimum absolute atomic E-state index is 0.938. The van der Waals surface area contributed by atoms with E-state index in [1.807, 2.05) is 24.3 Å². The van der Waals surface area contributed by atoms with Crippen molar-refractivity contribution < 1.29 is 4.42 Å². The van der Waals surface area contributed by atoms with Crippen LogP contribution in [0.3, 0.4) is 0 Å². The van der Waals surface area contributed by atoms with Gasteiger partial charge in [0.15, 0.2) is 0 Å². The summed E-state index contributed by atoms with van der Waals surface area (Å²) in [6, 6.07) is 22.8. The van der Waals surface area contributed by atoms with Gasteiger partial charge in [0.25, 0.3) is 0 Å². The highest BCUT2D eigenvalue weighted by Gasteiger charge is 2.08. The van der Waals surface area contributed by atoms with Crippen molar-refractivity contribution in [2.75, 3.05) is 0 Å². The third-order valence-corrected chi connectivity index (χ3v) is 5.43. The van der Waals surface area contributed by atoms with Crippen LogP contribution in [-0.4, -0.2) is 0 Å². The Balaban J connectivity index is 1.83. The third-order valence-electron chi connectivity index (χ3n) is 3.41. The average molecular weight is 355 g/mol. The Hall–Kier alpha value is -1.71. The molecule has 3 heteroatoms. The zero-order valence-electron chi connectivity index (χ0n) is 11.0. The summed E-state index contributed by atoms with van der Waals surface area (Å²) in [7, 11) is 0. The molecule has 0 spiro atoms. The van der Waals surface area contributed by atoms with Gasteiger partial charge in [-0.1, -0.05) is 42.1 Å². The van der Waals surface area contributed by atoms with Crippen LogP contribution >= 0.6 is 27.7 Å². The first-order valence-electron chi connectivity index (χ1n) is 6.65. The van der Waals surface area contributed by atoms with E-state index < -0.39 is 0 Å². The van der Waals surface area contributed by atoms with E-state index in [4.69, 9.17) is 4.42 Å². The molecule has 0 atom stereocenters. The fourth-order valence-electron chi connectivity index (χ4n) is 2.42. The van der Waals surface area contributed by atoms with Crippen LogP contribution in [0.15, 0.2) is 85.4 Å². The normalized spacial score (nSPS) is 11.3. The van der Waals surface area contributed by atoms with Crippen molar-refractivity contribution in [2.45, 2.75) is 9.79 Å². The number of benzene rings is 3. The Morgan fingerprint density at radius 2 is 1.52 bits per heavy atom. The Kier molecular flexibility index (Phi) is 3.24. The van der Waals surface area contributed by atoms with E-state index in [9.17, 15) is 0 Å². The number of para-hydroxylation sites is 1. The van der Waals surface area contributed by atoms with Crippen LogP contribution < -0.4 is 0 Å². The first-order chi connectivity index (χ1) is 10.3. The molecule has 1 aromatic heterocycles. The number of furan rings is 1. The summed E-state index contributed by atoms with van der Waals surface area (Å²) in [6.45, 7) is 0. The number of hydrogen-bond acceptors (Lipinski definition) is 2. The Morgan fingerprint density at radius 1 is 0.762 bits per heavy atom. The molecule has 4 rings (SSSR count). The van der Waals surface area contributed by atoms with Crippen LogP contribution in [-0.2, 0) is 0 Å². The van der Waals surface area contributed by atoms with E-state index in [1.54, 1.807) is 11.8 Å². The number of hydrogen-bond donors (Lipinski definition) is 0. The lowest BCUT2D eigenvalue weighted by Crippen LogP contribution is -1.76. The first kappa shape index (κ1) is 13.0. The van der Waals surface area contributed by atoms with Gasteiger partial charge in [-0.15, -0.1) is 0 Å². The van der Waals surface area contributed by atoms with E-state index in [0.717, 1.165) is 15.6 Å². The van der Waals surface area contributed by atoms with Crippen LogP contribution in [0.4, 0.5) is 0 Å². The summed E-state index contributed by atoms with van der Waals surface area (Å²) in [6.07, 6.45) is 0. The molecule has 0 unspecified atom stereocenters. The number of rotatable bonds is 2. The van der Waals surface area contributed by atoms with Gasteiger partial charge in [-0.2, -0.15) is 0 Å². The van der Waals surface area contributed by atoms with E-state index in [0.29, 0.717) is 0 Å². The van der Waals surface area contributed by atoms with E-state index in [1.165, 1.54) is 20.6 Å². The molecule has 3 aromatic carbocycles. The fraction of sp³-hybridized carbons (Fsp3) is 0. The van der Waals surface area contributed by atoms with Gasteiger partial charge in [-0.3, -0.25) is 0 Å². The van der Waals surface area contributed by atoms with Gasteiger partial charge in [0, 0.05) is 25.0 Å². The zero-order chi connectivity index (χ0) is 14.2. The van der Waals surface area contributed by atoms with E-state index in [-0.39, 0.29) is 0 Å². The van der Waals surface area contributed by atoms with Gasteiger partial charge in [0.1, 0.15) is 11.2 Å². The summed E-state index contributed by atoms with van der Waals surface area (Å²) in [5.41, 5.74) is 1.88. The monoisotopic (exact) mass is 354 g/mol. The molecule has 0 aliphatic carbocycles. The molecule has 0 radical (unpaired) electrons. The van der Waals surface area contributed by atoms with Crippen LogP contribution in [0.2, 0.25) is 0 Å². The first-order valence-corrected chi connectivity index (χ1v) is 8.26. The molecule has 0 aliphatic heterocycles. The summed E-state index contributed by atoms with van der Waals surface area (Å²) < 4.78 is 6.98. The molecule has 102 valence electrons. The van der Waals surface area contributed by atoms with Crippen molar-refractivity contribution in [1.82, 2.24) is 0 Å². The highest BCUT2D eigenvalue weighted by atomic mass is 79.9. The maximum absolute atomic E-state index is 5.86. The molecule has 0 N–H and O–H groups in total. The predicted octanol–water partition coefficient (Wildman–Crippen LogP) is 6.50. The SMILES string of the molecule is Brc1ccccc1Sc1ccc2oc3ccccc3c2c1. The van der Waals surface area contributed by atoms with E-state index >= 15 is 0 Å². The summed E-state index contributed by atoms with van der Waals surface area (Å²) in [4.78, 5) is 2.42. The molecule has 0 saturated carbocycles. The van der Waals surface area contributed by atoms with Crippen LogP contribution in [0.25, 0.3) is 21.9 Å². The minimum Gasteiger partial charge on any atom is -0.456 e. The molecule has 4 aromatic rings. The number of fused-ring (bicyclic) bond motifs is 3. The highest BCUT2D eigenvalue weighted by Crippen LogP contribution is 2.37. The second kappa shape index (κ2) is 5.24. The van der Waals surface area contributed by atoms with Crippen LogP contribution in [0.1, 0.15) is 0 Å². The smallest absolute Gasteiger partial charge is 0.135 e. The highest BCUT2D eigenvalue weighted by molar-refractivity contribution is 9.10. The van der Waals surface area contributed by atoms with Gasteiger partial charge in [0.05, 0.1) is 0 Å². The molecule has 0 fully saturated rings. The lowest BCUT2D eigenvalue weighted by Gasteiger charge is -2.04. The van der Waals surface area contributed by atoms with Crippen molar-refractivity contribution in [3.8, 4) is 0 Å². The number of halogens is 1. The summed E-state index contributed by atoms with van der Waals surface area (Å²) >= 11 is 5.35. The van der Waals surface area contributed by atoms with Crippen LogP contribution in [0.5, 0.6) is 0 Å². The molecule has 21 heavy (non-hydrogen) atoms. The molecule has 0 aliphatic rings. The average Bonchev–Trinajstić information content (AvgIpc) is 2.88. The molecule has 0 saturated heterocycles. The summed E-state index contributed by atoms with van der Waals surface area (Å²) in [5.74, 6) is 0. The molecular formula is C18H11BrOS. The lowest BCUT2D eigenvalue weighted by molar-refractivity contribution is 0.668. The van der Waals surface area contributed by atoms with Gasteiger partial charge in [-0.25, -0.2) is 0 Å². The maximum Gasteiger partial charge on any atom is 0.135 e. The van der Waals surface area contributed by atoms with Crippen molar-refractivity contribution in [3.63, 3.8) is 0 Å². The summed E-state index contributed by atoms with van der Waals surface area (Å²) in [5, 5.41) is 2.34. The zero-order valence-corrected chi connectivity index (χ0v) is 13.4. The molecular weight excluding hydrogens is 344 g/mol. The van der Waals surface area contributed by atoms with Gasteiger partial charge in [-0.05, 0) is 52.3 Å². The van der Waals surface area contributed by atoms with Crippen molar-refractivity contribution in [2.24, 2.45) is 0 Å². The second-order valence-corrected chi connectivity index (χ2v) is 6.76. The largest absolute Gasteiger partial charge is 0.456 e. The lowest BCUT2D eigenvalue weighted by atomic mass is 10.1. The van der Waals surface area contributed by atoms with Crippen molar-refractivity contribution in [1.29, 1.82) is 0 Å². The topological polar surface area (TPSA) is 13.1 Å². The quantitative estimate of drug-likeness (QED) is 0.407. The molecule has 0 amide bonds. The van der Waals surface area contributed by atoms with E-state index in [2.05, 4.69) is 58.4 Å².